The van der Waals surface area contributed by atoms with E-state index in [0.717, 1.165) is 12.6 Å². The van der Waals surface area contributed by atoms with E-state index in [9.17, 15) is 0 Å². The molecule has 0 aliphatic carbocycles. The quantitative estimate of drug-likeness (QED) is 0.654. The van der Waals surface area contributed by atoms with Crippen LogP contribution in [0.3, 0.4) is 0 Å². The van der Waals surface area contributed by atoms with Crippen LogP contribution in [0.4, 0.5) is 0 Å². The highest BCUT2D eigenvalue weighted by atomic mass is 16.6. The third-order valence-electron chi connectivity index (χ3n) is 1.84. The van der Waals surface area contributed by atoms with Crippen molar-refractivity contribution in [2.75, 3.05) is 13.2 Å². The van der Waals surface area contributed by atoms with Gasteiger partial charge in [0.15, 0.2) is 0 Å². The Bertz CT molecular complexity index is 75.8. The van der Waals surface area contributed by atoms with Crippen LogP contribution in [0, 0.1) is 0 Å². The van der Waals surface area contributed by atoms with E-state index < -0.39 is 0 Å². The zero-order valence-corrected chi connectivity index (χ0v) is 6.89. The summed E-state index contributed by atoms with van der Waals surface area (Å²) in [5, 5.41) is 3.18. The van der Waals surface area contributed by atoms with E-state index in [1.807, 2.05) is 0 Å². The van der Waals surface area contributed by atoms with Crippen LogP contribution in [-0.2, 0) is 4.74 Å². The maximum absolute atomic E-state index is 4.86. The van der Waals surface area contributed by atoms with Gasteiger partial charge in [-0.15, -0.1) is 0 Å². The number of ether oxygens (including phenoxy) is 1. The molecule has 2 unspecified atom stereocenters. The van der Waals surface area contributed by atoms with Crippen molar-refractivity contribution in [3.8, 4) is 0 Å². The highest BCUT2D eigenvalue weighted by Gasteiger charge is 2.18. The minimum Gasteiger partial charge on any atom is -0.373 e. The average Bonchev–Trinajstić information content (AvgIpc) is 2.86. The number of hydrogen-bond acceptors (Lipinski definition) is 2. The van der Waals surface area contributed by atoms with Crippen LogP contribution in [-0.4, -0.2) is 25.3 Å². The van der Waals surface area contributed by atoms with Gasteiger partial charge in [-0.1, -0.05) is 28.7 Å². The zero-order chi connectivity index (χ0) is 7.40. The Balaban J connectivity index is 0. The van der Waals surface area contributed by atoms with E-state index in [-0.39, 0.29) is 14.9 Å². The lowest BCUT2D eigenvalue weighted by molar-refractivity contribution is 0.403. The molecular weight excluding hydrogens is 150 g/mol. The molecule has 0 aromatic rings. The Morgan fingerprint density at radius 1 is 1.25 bits per heavy atom. The van der Waals surface area contributed by atoms with E-state index in [1.165, 1.54) is 19.4 Å². The average molecular weight is 175 g/mol. The van der Waals surface area contributed by atoms with E-state index >= 15 is 0 Å². The molecule has 1 N–H and O–H groups in total. The van der Waals surface area contributed by atoms with Gasteiger partial charge in [0.1, 0.15) is 0 Å². The van der Waals surface area contributed by atoms with Gasteiger partial charge in [0, 0.05) is 12.6 Å². The fourth-order valence-corrected chi connectivity index (χ4v) is 0.676. The number of nitrogens with one attached hydrogen (secondary N) is 1. The lowest BCUT2D eigenvalue weighted by Crippen LogP contribution is -1.81. The van der Waals surface area contributed by atoms with Crippen molar-refractivity contribution in [2.45, 2.75) is 53.7 Å². The second kappa shape index (κ2) is 7.56. The molecule has 0 aromatic heterocycles. The molecule has 2 fully saturated rings. The smallest absolute Gasteiger partial charge is 0.0807 e. The molecule has 2 heteroatoms. The number of epoxide rings is 1. The summed E-state index contributed by atoms with van der Waals surface area (Å²) in [6.07, 6.45) is 3.13. The highest BCUT2D eigenvalue weighted by Crippen LogP contribution is 2.10. The molecule has 2 heterocycles. The molecule has 2 nitrogen and oxygen atoms in total. The van der Waals surface area contributed by atoms with Crippen molar-refractivity contribution in [1.29, 1.82) is 0 Å². The number of rotatable bonds is 2. The molecule has 2 aliphatic heterocycles. The topological polar surface area (TPSA) is 34.5 Å². The second-order valence-corrected chi connectivity index (χ2v) is 2.88. The Hall–Kier alpha value is -0.0800. The van der Waals surface area contributed by atoms with Crippen LogP contribution in [0.1, 0.15) is 41.5 Å². The first-order valence-electron chi connectivity index (χ1n) is 4.21. The highest BCUT2D eigenvalue weighted by molar-refractivity contribution is 4.80. The summed E-state index contributed by atoms with van der Waals surface area (Å²) < 4.78 is 4.86. The Kier molecular flexibility index (Phi) is 9.10. The summed E-state index contributed by atoms with van der Waals surface area (Å²) in [7, 11) is 0. The van der Waals surface area contributed by atoms with Gasteiger partial charge >= 0.3 is 0 Å². The van der Waals surface area contributed by atoms with Gasteiger partial charge in [-0.05, 0) is 12.8 Å². The van der Waals surface area contributed by atoms with Crippen LogP contribution >= 0.6 is 0 Å². The van der Waals surface area contributed by atoms with Crippen LogP contribution in [0.5, 0.6) is 0 Å². The molecule has 0 aromatic carbocycles. The molecule has 0 bridgehead atoms. The maximum Gasteiger partial charge on any atom is 0.0807 e. The van der Waals surface area contributed by atoms with E-state index in [0.29, 0.717) is 6.10 Å². The zero-order valence-electron chi connectivity index (χ0n) is 6.89. The molecule has 0 saturated carbocycles. The summed E-state index contributed by atoms with van der Waals surface area (Å²) in [4.78, 5) is 0. The minimum absolute atomic E-state index is 0. The van der Waals surface area contributed by atoms with Gasteiger partial charge in [-0.2, -0.15) is 0 Å². The van der Waals surface area contributed by atoms with E-state index in [4.69, 9.17) is 4.74 Å². The van der Waals surface area contributed by atoms with Crippen molar-refractivity contribution in [3.05, 3.63) is 0 Å². The number of hydrogen-bond donors (Lipinski definition) is 1. The Morgan fingerprint density at radius 3 is 1.75 bits per heavy atom. The van der Waals surface area contributed by atoms with Gasteiger partial charge in [0.2, 0.25) is 0 Å². The van der Waals surface area contributed by atoms with Crippen molar-refractivity contribution in [3.63, 3.8) is 0 Å². The summed E-state index contributed by atoms with van der Waals surface area (Å²) in [6, 6.07) is 0.884. The van der Waals surface area contributed by atoms with Gasteiger partial charge in [-0.25, -0.2) is 0 Å². The molecular formula is C10H25NO. The van der Waals surface area contributed by atoms with Crippen molar-refractivity contribution in [1.82, 2.24) is 5.32 Å². The maximum atomic E-state index is 4.86. The summed E-state index contributed by atoms with van der Waals surface area (Å²) in [5.74, 6) is 0. The van der Waals surface area contributed by atoms with Gasteiger partial charge in [0.25, 0.3) is 0 Å². The molecule has 2 saturated heterocycles. The van der Waals surface area contributed by atoms with Gasteiger partial charge in [-0.3, -0.25) is 0 Å². The minimum atomic E-state index is 0. The largest absolute Gasteiger partial charge is 0.373 e. The molecule has 0 radical (unpaired) electrons. The molecule has 2 aliphatic rings. The lowest BCUT2D eigenvalue weighted by atomic mass is 10.4. The third-order valence-corrected chi connectivity index (χ3v) is 1.84. The van der Waals surface area contributed by atoms with E-state index in [2.05, 4.69) is 19.2 Å². The molecule has 0 amide bonds. The van der Waals surface area contributed by atoms with E-state index in [1.54, 1.807) is 0 Å². The van der Waals surface area contributed by atoms with Crippen LogP contribution < -0.4 is 5.32 Å². The lowest BCUT2D eigenvalue weighted by Gasteiger charge is -1.71. The van der Waals surface area contributed by atoms with Crippen LogP contribution in [0.2, 0.25) is 0 Å². The van der Waals surface area contributed by atoms with Gasteiger partial charge in [0.05, 0.1) is 12.7 Å². The normalized spacial score (nSPS) is 28.5. The van der Waals surface area contributed by atoms with Gasteiger partial charge < -0.3 is 10.1 Å². The molecule has 76 valence electrons. The Morgan fingerprint density at radius 2 is 1.75 bits per heavy atom. The summed E-state index contributed by atoms with van der Waals surface area (Å²) in [5.41, 5.74) is 0. The second-order valence-electron chi connectivity index (χ2n) is 2.88. The first-order valence-corrected chi connectivity index (χ1v) is 4.21. The first-order chi connectivity index (χ1) is 4.86. The van der Waals surface area contributed by atoms with Crippen molar-refractivity contribution < 1.29 is 4.74 Å². The monoisotopic (exact) mass is 175 g/mol. The fourth-order valence-electron chi connectivity index (χ4n) is 0.676. The predicted octanol–water partition coefficient (Wildman–Crippen LogP) is 2.44. The fraction of sp³-hybridized carbons (Fsp3) is 1.00. The SMILES string of the molecule is C.C.CCC1CN1.CCC1CO1. The van der Waals surface area contributed by atoms with Crippen LogP contribution in [0.15, 0.2) is 0 Å². The molecule has 0 spiro atoms. The third kappa shape index (κ3) is 8.02. The first kappa shape index (κ1) is 14.4. The van der Waals surface area contributed by atoms with Crippen molar-refractivity contribution >= 4 is 0 Å². The molecule has 2 rings (SSSR count). The van der Waals surface area contributed by atoms with Crippen LogP contribution in [0.25, 0.3) is 0 Å². The molecule has 2 atom stereocenters. The summed E-state index contributed by atoms with van der Waals surface area (Å²) >= 11 is 0. The van der Waals surface area contributed by atoms with Crippen molar-refractivity contribution in [2.24, 2.45) is 0 Å². The standard InChI is InChI=1S/C4H9N.C4H8O.2CH4/c2*1-2-4-3-5-4;;/h4-5H,2-3H2,1H3;4H,2-3H2,1H3;2*1H4. The summed E-state index contributed by atoms with van der Waals surface area (Å²) in [6.45, 7) is 6.61. The molecule has 12 heavy (non-hydrogen) atoms. The Labute approximate surface area is 77.7 Å². The predicted molar refractivity (Wildman–Crippen MR) is 55.6 cm³/mol.